The van der Waals surface area contributed by atoms with Gasteiger partial charge in [-0.25, -0.2) is 0 Å². The number of unbranched alkanes of at least 4 members (excludes halogenated alkanes) is 25. The van der Waals surface area contributed by atoms with E-state index in [0.717, 1.165) is 44.9 Å². The maximum atomic E-state index is 12.9. The molecule has 0 spiro atoms. The summed E-state index contributed by atoms with van der Waals surface area (Å²) in [6.07, 6.45) is 52.5. The number of carbonyl (C=O) groups is 2. The lowest BCUT2D eigenvalue weighted by Gasteiger charge is -2.39. The van der Waals surface area contributed by atoms with E-state index in [4.69, 9.17) is 18.9 Å². The van der Waals surface area contributed by atoms with Crippen LogP contribution in [-0.2, 0) is 28.5 Å². The average Bonchev–Trinajstić information content (AvgIpc) is 3.33. The van der Waals surface area contributed by atoms with Gasteiger partial charge in [0.2, 0.25) is 0 Å². The highest BCUT2D eigenvalue weighted by Crippen LogP contribution is 2.23. The van der Waals surface area contributed by atoms with Crippen molar-refractivity contribution in [2.45, 2.75) is 269 Å². The Kier molecular flexibility index (Phi) is 43.9. The fourth-order valence-electron chi connectivity index (χ4n) is 8.11. The zero-order valence-electron chi connectivity index (χ0n) is 42.6. The molecule has 0 aromatic carbocycles. The van der Waals surface area contributed by atoms with Crippen LogP contribution in [0.2, 0.25) is 0 Å². The maximum Gasteiger partial charge on any atom is 0.306 e. The smallest absolute Gasteiger partial charge is 0.306 e. The fourth-order valence-corrected chi connectivity index (χ4v) is 8.11. The number of hydrogen-bond acceptors (Lipinski definition) is 10. The Balaban J connectivity index is 2.27. The van der Waals surface area contributed by atoms with Crippen molar-refractivity contribution in [2.24, 2.45) is 0 Å². The molecule has 1 rings (SSSR count). The number of aliphatic hydroxyl groups is 4. The zero-order chi connectivity index (χ0) is 48.7. The molecule has 4 N–H and O–H groups in total. The van der Waals surface area contributed by atoms with E-state index in [1.54, 1.807) is 0 Å². The third-order valence-corrected chi connectivity index (χ3v) is 12.4. The topological polar surface area (TPSA) is 152 Å². The molecule has 0 aromatic rings. The molecule has 0 radical (unpaired) electrons. The lowest BCUT2D eigenvalue weighted by atomic mass is 9.99. The van der Waals surface area contributed by atoms with Gasteiger partial charge in [-0.3, -0.25) is 9.59 Å². The molecule has 67 heavy (non-hydrogen) atoms. The van der Waals surface area contributed by atoms with Crippen LogP contribution in [0.4, 0.5) is 0 Å². The second-order valence-electron chi connectivity index (χ2n) is 18.7. The second-order valence-corrected chi connectivity index (χ2v) is 18.7. The number of ether oxygens (including phenoxy) is 4. The predicted octanol–water partition coefficient (Wildman–Crippen LogP) is 13.3. The van der Waals surface area contributed by atoms with Gasteiger partial charge < -0.3 is 39.4 Å². The van der Waals surface area contributed by atoms with E-state index >= 15 is 0 Å². The van der Waals surface area contributed by atoms with Gasteiger partial charge in [0.1, 0.15) is 31.0 Å². The summed E-state index contributed by atoms with van der Waals surface area (Å²) < 4.78 is 22.2. The van der Waals surface area contributed by atoms with Crippen molar-refractivity contribution in [3.8, 4) is 0 Å². The normalized spacial score (nSPS) is 19.5. The van der Waals surface area contributed by atoms with Crippen molar-refractivity contribution < 1.29 is 49.0 Å². The number of allylic oxidation sites excluding steroid dienone is 10. The molecule has 0 aliphatic carbocycles. The summed E-state index contributed by atoms with van der Waals surface area (Å²) >= 11 is 0. The van der Waals surface area contributed by atoms with Crippen LogP contribution in [-0.4, -0.2) is 89.0 Å². The van der Waals surface area contributed by atoms with Gasteiger partial charge in [0.05, 0.1) is 13.2 Å². The van der Waals surface area contributed by atoms with Crippen molar-refractivity contribution >= 4 is 11.9 Å². The third-order valence-electron chi connectivity index (χ3n) is 12.4. The van der Waals surface area contributed by atoms with E-state index in [-0.39, 0.29) is 26.1 Å². The first-order valence-electron chi connectivity index (χ1n) is 27.4. The van der Waals surface area contributed by atoms with Gasteiger partial charge in [0, 0.05) is 12.8 Å². The van der Waals surface area contributed by atoms with Crippen molar-refractivity contribution in [2.75, 3.05) is 19.8 Å². The van der Waals surface area contributed by atoms with Crippen LogP contribution in [0.5, 0.6) is 0 Å². The molecule has 1 aliphatic heterocycles. The SMILES string of the molecule is CCCCC/C=C/C/C=C/C/C=C/C/C=C/C/C=C/CCC(=O)OC[C@H](CO[C@@H]1O[C@H](CO)[C@H](O)C(O)C1O)OC(=O)CCCCCCCCCCCCCCCCCCCCCCCCC. The first kappa shape index (κ1) is 62.4. The van der Waals surface area contributed by atoms with Gasteiger partial charge in [-0.05, 0) is 51.4 Å². The molecule has 10 heteroatoms. The molecule has 0 saturated carbocycles. The van der Waals surface area contributed by atoms with Crippen LogP contribution in [0, 0.1) is 0 Å². The highest BCUT2D eigenvalue weighted by Gasteiger charge is 2.44. The maximum absolute atomic E-state index is 12.9. The molecule has 2 unspecified atom stereocenters. The van der Waals surface area contributed by atoms with Gasteiger partial charge in [0.25, 0.3) is 0 Å². The minimum absolute atomic E-state index is 0.152. The van der Waals surface area contributed by atoms with Gasteiger partial charge in [0.15, 0.2) is 12.4 Å². The highest BCUT2D eigenvalue weighted by atomic mass is 16.7. The quantitative estimate of drug-likeness (QED) is 0.0264. The van der Waals surface area contributed by atoms with Gasteiger partial charge in [-0.2, -0.15) is 0 Å². The first-order valence-corrected chi connectivity index (χ1v) is 27.4. The molecule has 0 bridgehead atoms. The molecule has 6 atom stereocenters. The molecule has 1 fully saturated rings. The molecule has 0 amide bonds. The van der Waals surface area contributed by atoms with E-state index < -0.39 is 55.4 Å². The van der Waals surface area contributed by atoms with Crippen LogP contribution in [0.1, 0.15) is 232 Å². The minimum Gasteiger partial charge on any atom is -0.462 e. The lowest BCUT2D eigenvalue weighted by molar-refractivity contribution is -0.305. The summed E-state index contributed by atoms with van der Waals surface area (Å²) in [5.74, 6) is -0.896. The first-order chi connectivity index (χ1) is 32.8. The van der Waals surface area contributed by atoms with Crippen molar-refractivity contribution in [1.29, 1.82) is 0 Å². The van der Waals surface area contributed by atoms with Crippen molar-refractivity contribution in [1.82, 2.24) is 0 Å². The molecular formula is C57H100O10. The average molecular weight is 945 g/mol. The Morgan fingerprint density at radius 2 is 0.866 bits per heavy atom. The van der Waals surface area contributed by atoms with E-state index in [1.807, 2.05) is 12.2 Å². The molecule has 1 saturated heterocycles. The van der Waals surface area contributed by atoms with Crippen LogP contribution < -0.4 is 0 Å². The molecule has 10 nitrogen and oxygen atoms in total. The fraction of sp³-hybridized carbons (Fsp3) is 0.789. The Morgan fingerprint density at radius 3 is 1.31 bits per heavy atom. The summed E-state index contributed by atoms with van der Waals surface area (Å²) in [4.78, 5) is 25.5. The molecular weight excluding hydrogens is 845 g/mol. The number of rotatable bonds is 46. The van der Waals surface area contributed by atoms with E-state index in [9.17, 15) is 30.0 Å². The molecule has 388 valence electrons. The van der Waals surface area contributed by atoms with Crippen LogP contribution in [0.25, 0.3) is 0 Å². The summed E-state index contributed by atoms with van der Waals surface area (Å²) in [6, 6.07) is 0. The largest absolute Gasteiger partial charge is 0.462 e. The number of aliphatic hydroxyl groups excluding tert-OH is 4. The number of hydrogen-bond donors (Lipinski definition) is 4. The standard InChI is InChI=1S/C57H100O10/c1-3-5-7-9-11-13-15-17-19-21-23-24-25-26-28-30-32-34-36-38-40-42-44-46-53(60)66-50(49-65-57-56(63)55(62)54(61)51(47-58)67-57)48-64-52(59)45-43-41-39-37-35-33-31-29-27-22-20-18-16-14-12-10-8-6-4-2/h12,14,18,20,27,29,33,35,39,41,50-51,54-58,61-63H,3-11,13,15-17,19,21-26,28,30-32,34,36-38,40,42-49H2,1-2H3/b14-12+,20-18+,29-27+,35-33+,41-39+/t50-,51-,54+,55?,56?,57-/m1/s1. The van der Waals surface area contributed by atoms with Gasteiger partial charge in [-0.15, -0.1) is 0 Å². The number of esters is 2. The monoisotopic (exact) mass is 945 g/mol. The van der Waals surface area contributed by atoms with Gasteiger partial charge in [-0.1, -0.05) is 229 Å². The van der Waals surface area contributed by atoms with Crippen LogP contribution >= 0.6 is 0 Å². The second kappa shape index (κ2) is 47.1. The Morgan fingerprint density at radius 1 is 0.463 bits per heavy atom. The summed E-state index contributed by atoms with van der Waals surface area (Å²) in [7, 11) is 0. The van der Waals surface area contributed by atoms with Gasteiger partial charge >= 0.3 is 11.9 Å². The Bertz CT molecular complexity index is 1280. The van der Waals surface area contributed by atoms with E-state index in [1.165, 1.54) is 148 Å². The molecule has 1 heterocycles. The molecule has 0 aromatic heterocycles. The zero-order valence-corrected chi connectivity index (χ0v) is 42.6. The Labute approximate surface area is 409 Å². The van der Waals surface area contributed by atoms with Crippen molar-refractivity contribution in [3.63, 3.8) is 0 Å². The van der Waals surface area contributed by atoms with E-state index in [2.05, 4.69) is 62.5 Å². The molecule has 1 aliphatic rings. The van der Waals surface area contributed by atoms with E-state index in [0.29, 0.717) is 12.8 Å². The third kappa shape index (κ3) is 37.9. The Hall–Kier alpha value is -2.60. The number of carbonyl (C=O) groups excluding carboxylic acids is 2. The summed E-state index contributed by atoms with van der Waals surface area (Å²) in [5, 5.41) is 40.2. The summed E-state index contributed by atoms with van der Waals surface area (Å²) in [6.45, 7) is 3.36. The van der Waals surface area contributed by atoms with Crippen molar-refractivity contribution in [3.05, 3.63) is 60.8 Å². The highest BCUT2D eigenvalue weighted by molar-refractivity contribution is 5.70. The minimum atomic E-state index is -1.61. The lowest BCUT2D eigenvalue weighted by Crippen LogP contribution is -2.59. The van der Waals surface area contributed by atoms with Crippen LogP contribution in [0.3, 0.4) is 0 Å². The van der Waals surface area contributed by atoms with Crippen LogP contribution in [0.15, 0.2) is 60.8 Å². The predicted molar refractivity (Wildman–Crippen MR) is 275 cm³/mol. The summed E-state index contributed by atoms with van der Waals surface area (Å²) in [5.41, 5.74) is 0.